The maximum absolute atomic E-state index is 11.0. The Morgan fingerprint density at radius 2 is 1.71 bits per heavy atom. The van der Waals surface area contributed by atoms with Gasteiger partial charge in [-0.1, -0.05) is 0 Å². The van der Waals surface area contributed by atoms with Crippen LogP contribution in [0.3, 0.4) is 0 Å². The normalized spacial score (nSPS) is 13.2. The number of hydrogen-bond acceptors (Lipinski definition) is 4. The quantitative estimate of drug-likeness (QED) is 0.569. The Balaban J connectivity index is 4.01. The molecule has 84 valence electrons. The van der Waals surface area contributed by atoms with Crippen molar-refractivity contribution in [3.8, 4) is 0 Å². The number of halogens is 1. The third-order valence-corrected chi connectivity index (χ3v) is 2.36. The van der Waals surface area contributed by atoms with Crippen LogP contribution in [-0.2, 0) is 14.3 Å². The molecule has 5 heteroatoms. The van der Waals surface area contributed by atoms with Gasteiger partial charge in [-0.05, 0) is 18.5 Å². The number of ether oxygens (including phenoxy) is 2. The van der Waals surface area contributed by atoms with E-state index in [4.69, 9.17) is 21.1 Å². The smallest absolute Gasteiger partial charge is 0.238 e. The number of hydrogen-bond donors (Lipinski definition) is 0. The van der Waals surface area contributed by atoms with Crippen molar-refractivity contribution >= 4 is 16.8 Å². The van der Waals surface area contributed by atoms with Crippen LogP contribution in [0, 0.1) is 0 Å². The monoisotopic (exact) mass is 223 g/mol. The van der Waals surface area contributed by atoms with Crippen molar-refractivity contribution in [2.75, 3.05) is 40.5 Å². The van der Waals surface area contributed by atoms with Crippen LogP contribution in [0.4, 0.5) is 0 Å². The Bertz CT molecular complexity index is 158. The first kappa shape index (κ1) is 13.8. The molecule has 0 aromatic heterocycles. The summed E-state index contributed by atoms with van der Waals surface area (Å²) in [6.07, 6.45) is 0. The molecular formula is C9H18ClNO3. The summed E-state index contributed by atoms with van der Waals surface area (Å²) in [5.41, 5.74) is 0. The first-order valence-electron chi connectivity index (χ1n) is 4.54. The van der Waals surface area contributed by atoms with Gasteiger partial charge in [-0.2, -0.15) is 0 Å². The van der Waals surface area contributed by atoms with Gasteiger partial charge in [0, 0.05) is 27.3 Å². The lowest BCUT2D eigenvalue weighted by atomic mass is 10.3. The standard InChI is InChI=1S/C9H18ClNO3/c1-8(9(10)12)11(4-6-13-2)5-7-14-3/h8H,4-7H2,1-3H3. The predicted octanol–water partition coefficient (Wildman–Crippen LogP) is 0.735. The van der Waals surface area contributed by atoms with Crippen LogP contribution < -0.4 is 0 Å². The Morgan fingerprint density at radius 3 is 2.00 bits per heavy atom. The molecule has 0 aliphatic heterocycles. The summed E-state index contributed by atoms with van der Waals surface area (Å²) < 4.78 is 9.89. The Morgan fingerprint density at radius 1 is 1.29 bits per heavy atom. The second-order valence-electron chi connectivity index (χ2n) is 3.00. The van der Waals surface area contributed by atoms with Crippen LogP contribution in [0.5, 0.6) is 0 Å². The topological polar surface area (TPSA) is 38.8 Å². The van der Waals surface area contributed by atoms with Gasteiger partial charge in [-0.15, -0.1) is 0 Å². The first-order chi connectivity index (χ1) is 6.63. The highest BCUT2D eigenvalue weighted by Crippen LogP contribution is 2.02. The van der Waals surface area contributed by atoms with Crippen molar-refractivity contribution in [2.45, 2.75) is 13.0 Å². The van der Waals surface area contributed by atoms with Crippen molar-refractivity contribution < 1.29 is 14.3 Å². The molecule has 0 spiro atoms. The molecule has 0 saturated heterocycles. The summed E-state index contributed by atoms with van der Waals surface area (Å²) in [7, 11) is 3.25. The fraction of sp³-hybridized carbons (Fsp3) is 0.889. The first-order valence-corrected chi connectivity index (χ1v) is 4.92. The van der Waals surface area contributed by atoms with Crippen molar-refractivity contribution in [2.24, 2.45) is 0 Å². The summed E-state index contributed by atoms with van der Waals surface area (Å²) >= 11 is 5.42. The van der Waals surface area contributed by atoms with E-state index in [1.807, 2.05) is 4.90 Å². The van der Waals surface area contributed by atoms with Gasteiger partial charge in [-0.3, -0.25) is 9.69 Å². The van der Waals surface area contributed by atoms with Gasteiger partial charge in [0.15, 0.2) is 0 Å². The molecule has 0 rings (SSSR count). The molecular weight excluding hydrogens is 206 g/mol. The van der Waals surface area contributed by atoms with Crippen molar-refractivity contribution in [3.63, 3.8) is 0 Å². The van der Waals surface area contributed by atoms with Gasteiger partial charge < -0.3 is 9.47 Å². The molecule has 14 heavy (non-hydrogen) atoms. The lowest BCUT2D eigenvalue weighted by Gasteiger charge is -2.25. The number of carbonyl (C=O) groups is 1. The Kier molecular flexibility index (Phi) is 8.08. The van der Waals surface area contributed by atoms with E-state index in [0.717, 1.165) is 0 Å². The second kappa shape index (κ2) is 8.17. The van der Waals surface area contributed by atoms with Crippen LogP contribution in [0.15, 0.2) is 0 Å². The predicted molar refractivity (Wildman–Crippen MR) is 55.6 cm³/mol. The number of nitrogens with zero attached hydrogens (tertiary/aromatic N) is 1. The highest BCUT2D eigenvalue weighted by Gasteiger charge is 2.18. The highest BCUT2D eigenvalue weighted by molar-refractivity contribution is 6.64. The molecule has 4 nitrogen and oxygen atoms in total. The minimum absolute atomic E-state index is 0.290. The van der Waals surface area contributed by atoms with Crippen LogP contribution in [0.2, 0.25) is 0 Å². The van der Waals surface area contributed by atoms with Gasteiger partial charge in [0.1, 0.15) is 0 Å². The summed E-state index contributed by atoms with van der Waals surface area (Å²) in [6, 6.07) is -0.290. The zero-order valence-electron chi connectivity index (χ0n) is 8.96. The average Bonchev–Trinajstić information content (AvgIpc) is 2.17. The van der Waals surface area contributed by atoms with E-state index in [1.165, 1.54) is 0 Å². The maximum atomic E-state index is 11.0. The van der Waals surface area contributed by atoms with Crippen LogP contribution in [0.1, 0.15) is 6.92 Å². The SMILES string of the molecule is COCCN(CCOC)C(C)C(=O)Cl. The van der Waals surface area contributed by atoms with E-state index in [1.54, 1.807) is 21.1 Å². The van der Waals surface area contributed by atoms with Gasteiger partial charge in [0.05, 0.1) is 19.3 Å². The molecule has 1 unspecified atom stereocenters. The molecule has 0 saturated carbocycles. The minimum atomic E-state index is -0.350. The van der Waals surface area contributed by atoms with E-state index >= 15 is 0 Å². The molecule has 1 atom stereocenters. The maximum Gasteiger partial charge on any atom is 0.238 e. The molecule has 0 fully saturated rings. The van der Waals surface area contributed by atoms with Crippen LogP contribution in [0.25, 0.3) is 0 Å². The zero-order chi connectivity index (χ0) is 11.0. The molecule has 0 aliphatic rings. The van der Waals surface area contributed by atoms with E-state index in [9.17, 15) is 4.79 Å². The third kappa shape index (κ3) is 5.54. The van der Waals surface area contributed by atoms with E-state index in [2.05, 4.69) is 0 Å². The average molecular weight is 224 g/mol. The summed E-state index contributed by atoms with van der Waals surface area (Å²) in [5.74, 6) is 0. The number of methoxy groups -OCH3 is 2. The van der Waals surface area contributed by atoms with Crippen molar-refractivity contribution in [3.05, 3.63) is 0 Å². The zero-order valence-corrected chi connectivity index (χ0v) is 9.71. The molecule has 0 N–H and O–H groups in total. The lowest BCUT2D eigenvalue weighted by molar-refractivity contribution is -0.116. The Labute approximate surface area is 90.1 Å². The molecule has 0 aromatic rings. The van der Waals surface area contributed by atoms with Gasteiger partial charge in [0.2, 0.25) is 5.24 Å². The largest absolute Gasteiger partial charge is 0.383 e. The van der Waals surface area contributed by atoms with E-state index < -0.39 is 0 Å². The van der Waals surface area contributed by atoms with Crippen molar-refractivity contribution in [1.82, 2.24) is 4.90 Å². The fourth-order valence-corrected chi connectivity index (χ4v) is 1.20. The van der Waals surface area contributed by atoms with E-state index in [-0.39, 0.29) is 11.3 Å². The van der Waals surface area contributed by atoms with Gasteiger partial charge in [-0.25, -0.2) is 0 Å². The van der Waals surface area contributed by atoms with Crippen LogP contribution >= 0.6 is 11.6 Å². The van der Waals surface area contributed by atoms with Crippen LogP contribution in [-0.4, -0.2) is 56.7 Å². The lowest BCUT2D eigenvalue weighted by Crippen LogP contribution is -2.41. The molecule has 0 aromatic carbocycles. The Hall–Kier alpha value is -0.160. The summed E-state index contributed by atoms with van der Waals surface area (Å²) in [5, 5.41) is -0.350. The molecule has 0 radical (unpaired) electrons. The highest BCUT2D eigenvalue weighted by atomic mass is 35.5. The van der Waals surface area contributed by atoms with Gasteiger partial charge in [0.25, 0.3) is 0 Å². The number of rotatable bonds is 8. The third-order valence-electron chi connectivity index (χ3n) is 2.04. The molecule has 0 heterocycles. The summed E-state index contributed by atoms with van der Waals surface area (Å²) in [4.78, 5) is 12.9. The van der Waals surface area contributed by atoms with Crippen molar-refractivity contribution in [1.29, 1.82) is 0 Å². The van der Waals surface area contributed by atoms with Gasteiger partial charge >= 0.3 is 0 Å². The van der Waals surface area contributed by atoms with E-state index in [0.29, 0.717) is 26.3 Å². The summed E-state index contributed by atoms with van der Waals surface area (Å²) in [6.45, 7) is 4.30. The minimum Gasteiger partial charge on any atom is -0.383 e. The number of carbonyl (C=O) groups excluding carboxylic acids is 1. The fourth-order valence-electron chi connectivity index (χ4n) is 1.06. The molecule has 0 aliphatic carbocycles. The second-order valence-corrected chi connectivity index (χ2v) is 3.37. The molecule has 0 bridgehead atoms. The molecule has 0 amide bonds.